The van der Waals surface area contributed by atoms with Crippen LogP contribution >= 0.6 is 0 Å². The van der Waals surface area contributed by atoms with Gasteiger partial charge >= 0.3 is 0 Å². The molecule has 1 heterocycles. The second-order valence-electron chi connectivity index (χ2n) is 4.83. The molecular weight excluding hydrogens is 214 g/mol. The first-order valence-corrected chi connectivity index (χ1v) is 6.94. The summed E-state index contributed by atoms with van der Waals surface area (Å²) < 4.78 is 5.45. The quantitative estimate of drug-likeness (QED) is 0.717. The Bertz CT molecular complexity index is 197. The van der Waals surface area contributed by atoms with E-state index in [-0.39, 0.29) is 0 Å². The number of methoxy groups -OCH3 is 1. The molecule has 0 aromatic rings. The van der Waals surface area contributed by atoms with Crippen LogP contribution in [0, 0.1) is 0 Å². The van der Waals surface area contributed by atoms with Crippen molar-refractivity contribution in [3.8, 4) is 0 Å². The molecule has 4 heteroatoms. The Morgan fingerprint density at radius 2 is 2.06 bits per heavy atom. The van der Waals surface area contributed by atoms with Gasteiger partial charge in [0.15, 0.2) is 0 Å². The summed E-state index contributed by atoms with van der Waals surface area (Å²) in [6.45, 7) is 10.9. The Morgan fingerprint density at radius 1 is 1.35 bits per heavy atom. The normalized spacial score (nSPS) is 26.6. The Kier molecular flexibility index (Phi) is 7.04. The Morgan fingerprint density at radius 3 is 2.59 bits per heavy atom. The number of hydrogen-bond acceptors (Lipinski definition) is 4. The Balaban J connectivity index is 2.36. The molecule has 1 fully saturated rings. The topological polar surface area (TPSA) is 41.7 Å². The molecule has 0 amide bonds. The standard InChI is InChI=1S/C13H29N3O/c1-4-15(5-2)8-9-16-7-6-13(17-3)10-12(16)11-14/h12-13H,4-11,14H2,1-3H3. The highest BCUT2D eigenvalue weighted by atomic mass is 16.5. The summed E-state index contributed by atoms with van der Waals surface area (Å²) in [7, 11) is 1.81. The first kappa shape index (κ1) is 14.9. The molecule has 0 saturated carbocycles. The molecule has 1 saturated heterocycles. The van der Waals surface area contributed by atoms with Crippen molar-refractivity contribution in [1.82, 2.24) is 9.80 Å². The van der Waals surface area contributed by atoms with Gasteiger partial charge in [0.2, 0.25) is 0 Å². The van der Waals surface area contributed by atoms with Crippen molar-refractivity contribution in [1.29, 1.82) is 0 Å². The molecule has 0 radical (unpaired) electrons. The van der Waals surface area contributed by atoms with Crippen molar-refractivity contribution >= 4 is 0 Å². The number of likely N-dealkylation sites (N-methyl/N-ethyl adjacent to an activating group) is 1. The third-order valence-corrected chi connectivity index (χ3v) is 3.99. The molecule has 0 aromatic carbocycles. The predicted molar refractivity (Wildman–Crippen MR) is 72.2 cm³/mol. The fraction of sp³-hybridized carbons (Fsp3) is 1.00. The number of ether oxygens (including phenoxy) is 1. The summed E-state index contributed by atoms with van der Waals surface area (Å²) in [6.07, 6.45) is 2.64. The smallest absolute Gasteiger partial charge is 0.0599 e. The minimum Gasteiger partial charge on any atom is -0.381 e. The van der Waals surface area contributed by atoms with Crippen molar-refractivity contribution in [3.05, 3.63) is 0 Å². The molecule has 1 aliphatic rings. The number of likely N-dealkylation sites (tertiary alicyclic amines) is 1. The molecule has 17 heavy (non-hydrogen) atoms. The largest absolute Gasteiger partial charge is 0.381 e. The summed E-state index contributed by atoms with van der Waals surface area (Å²) in [5, 5.41) is 0. The number of nitrogens with two attached hydrogens (primary N) is 1. The van der Waals surface area contributed by atoms with E-state index < -0.39 is 0 Å². The van der Waals surface area contributed by atoms with Crippen molar-refractivity contribution in [2.45, 2.75) is 38.8 Å². The maximum Gasteiger partial charge on any atom is 0.0599 e. The van der Waals surface area contributed by atoms with E-state index in [4.69, 9.17) is 10.5 Å². The Hall–Kier alpha value is -0.160. The van der Waals surface area contributed by atoms with Gasteiger partial charge in [-0.3, -0.25) is 4.90 Å². The predicted octanol–water partition coefficient (Wildman–Crippen LogP) is 0.766. The van der Waals surface area contributed by atoms with Crippen molar-refractivity contribution in [2.24, 2.45) is 5.73 Å². The first-order chi connectivity index (χ1) is 8.24. The summed E-state index contributed by atoms with van der Waals surface area (Å²) in [6, 6.07) is 0.504. The SMILES string of the molecule is CCN(CC)CCN1CCC(OC)CC1CN. The summed E-state index contributed by atoms with van der Waals surface area (Å²) in [4.78, 5) is 5.00. The molecular formula is C13H29N3O. The highest BCUT2D eigenvalue weighted by molar-refractivity contribution is 4.83. The summed E-state index contributed by atoms with van der Waals surface area (Å²) in [5.41, 5.74) is 5.87. The van der Waals surface area contributed by atoms with Crippen molar-refractivity contribution in [3.63, 3.8) is 0 Å². The van der Waals surface area contributed by atoms with Crippen LogP contribution in [-0.4, -0.2) is 68.3 Å². The zero-order valence-electron chi connectivity index (χ0n) is 11.7. The zero-order valence-corrected chi connectivity index (χ0v) is 11.7. The van der Waals surface area contributed by atoms with E-state index in [0.29, 0.717) is 12.1 Å². The van der Waals surface area contributed by atoms with Crippen LogP contribution < -0.4 is 5.73 Å². The van der Waals surface area contributed by atoms with Crippen LogP contribution in [-0.2, 0) is 4.74 Å². The van der Waals surface area contributed by atoms with E-state index in [9.17, 15) is 0 Å². The second kappa shape index (κ2) is 8.03. The minimum absolute atomic E-state index is 0.410. The van der Waals surface area contributed by atoms with E-state index in [1.165, 1.54) is 0 Å². The van der Waals surface area contributed by atoms with Gasteiger partial charge in [0.1, 0.15) is 0 Å². The van der Waals surface area contributed by atoms with E-state index in [1.54, 1.807) is 0 Å². The number of rotatable bonds is 7. The molecule has 0 aliphatic carbocycles. The lowest BCUT2D eigenvalue weighted by Gasteiger charge is -2.39. The Labute approximate surface area is 106 Å². The van der Waals surface area contributed by atoms with E-state index >= 15 is 0 Å². The fourth-order valence-electron chi connectivity index (χ4n) is 2.63. The molecule has 1 aliphatic heterocycles. The lowest BCUT2D eigenvalue weighted by molar-refractivity contribution is 0.0105. The van der Waals surface area contributed by atoms with E-state index in [1.807, 2.05) is 7.11 Å². The van der Waals surface area contributed by atoms with Gasteiger partial charge in [-0.05, 0) is 25.9 Å². The molecule has 102 valence electrons. The first-order valence-electron chi connectivity index (χ1n) is 6.94. The maximum absolute atomic E-state index is 5.87. The number of hydrogen-bond donors (Lipinski definition) is 1. The van der Waals surface area contributed by atoms with E-state index in [0.717, 1.165) is 52.1 Å². The molecule has 2 N–H and O–H groups in total. The second-order valence-corrected chi connectivity index (χ2v) is 4.83. The van der Waals surface area contributed by atoms with Gasteiger partial charge in [0, 0.05) is 39.3 Å². The van der Waals surface area contributed by atoms with Crippen LogP contribution in [0.5, 0.6) is 0 Å². The van der Waals surface area contributed by atoms with Crippen molar-refractivity contribution < 1.29 is 4.74 Å². The van der Waals surface area contributed by atoms with E-state index in [2.05, 4.69) is 23.6 Å². The van der Waals surface area contributed by atoms with Crippen LogP contribution in [0.4, 0.5) is 0 Å². The average molecular weight is 243 g/mol. The zero-order chi connectivity index (χ0) is 12.7. The van der Waals surface area contributed by atoms with Crippen LogP contribution in [0.25, 0.3) is 0 Å². The molecule has 0 aromatic heterocycles. The number of piperidine rings is 1. The molecule has 2 unspecified atom stereocenters. The minimum atomic E-state index is 0.410. The third kappa shape index (κ3) is 4.54. The van der Waals surface area contributed by atoms with Gasteiger partial charge in [-0.1, -0.05) is 13.8 Å². The molecule has 1 rings (SSSR count). The maximum atomic E-state index is 5.87. The van der Waals surface area contributed by atoms with Gasteiger partial charge in [0.25, 0.3) is 0 Å². The molecule has 0 bridgehead atoms. The summed E-state index contributed by atoms with van der Waals surface area (Å²) >= 11 is 0. The summed E-state index contributed by atoms with van der Waals surface area (Å²) in [5.74, 6) is 0. The molecule has 2 atom stereocenters. The molecule has 4 nitrogen and oxygen atoms in total. The fourth-order valence-corrected chi connectivity index (χ4v) is 2.63. The lowest BCUT2D eigenvalue weighted by atomic mass is 9.99. The lowest BCUT2D eigenvalue weighted by Crippen LogP contribution is -2.50. The number of nitrogens with zero attached hydrogens (tertiary/aromatic N) is 2. The van der Waals surface area contributed by atoms with Crippen LogP contribution in [0.2, 0.25) is 0 Å². The average Bonchev–Trinajstić information content (AvgIpc) is 2.39. The van der Waals surface area contributed by atoms with Crippen LogP contribution in [0.15, 0.2) is 0 Å². The highest BCUT2D eigenvalue weighted by Crippen LogP contribution is 2.18. The van der Waals surface area contributed by atoms with Gasteiger partial charge in [-0.2, -0.15) is 0 Å². The van der Waals surface area contributed by atoms with Gasteiger partial charge < -0.3 is 15.4 Å². The van der Waals surface area contributed by atoms with Gasteiger partial charge in [0.05, 0.1) is 6.10 Å². The molecule has 0 spiro atoms. The monoisotopic (exact) mass is 243 g/mol. The highest BCUT2D eigenvalue weighted by Gasteiger charge is 2.27. The van der Waals surface area contributed by atoms with Crippen LogP contribution in [0.3, 0.4) is 0 Å². The van der Waals surface area contributed by atoms with Gasteiger partial charge in [-0.25, -0.2) is 0 Å². The van der Waals surface area contributed by atoms with Gasteiger partial charge in [-0.15, -0.1) is 0 Å². The third-order valence-electron chi connectivity index (χ3n) is 3.99. The van der Waals surface area contributed by atoms with Crippen molar-refractivity contribution in [2.75, 3.05) is 46.4 Å². The van der Waals surface area contributed by atoms with Crippen LogP contribution in [0.1, 0.15) is 26.7 Å².